The molecule has 0 fully saturated rings. The molecule has 7 heteroatoms. The molecule has 0 bridgehead atoms. The van der Waals surface area contributed by atoms with Gasteiger partial charge in [-0.3, -0.25) is 4.79 Å². The monoisotopic (exact) mass is 269 g/mol. The van der Waals surface area contributed by atoms with E-state index in [0.29, 0.717) is 11.3 Å². The quantitative estimate of drug-likeness (QED) is 0.789. The third kappa shape index (κ3) is 2.24. The number of carbonyl (C=O) groups is 1. The summed E-state index contributed by atoms with van der Waals surface area (Å²) in [7, 11) is -2.04. The molecule has 1 aliphatic heterocycles. The SMILES string of the molecule is CN(CCN)S(=O)(=O)c1ccc2c(c1)CC(=O)N2. The van der Waals surface area contributed by atoms with Gasteiger partial charge in [0.15, 0.2) is 0 Å². The van der Waals surface area contributed by atoms with Crippen LogP contribution in [-0.4, -0.2) is 38.8 Å². The molecule has 1 heterocycles. The van der Waals surface area contributed by atoms with Crippen LogP contribution in [0.3, 0.4) is 0 Å². The number of likely N-dealkylation sites (N-methyl/N-ethyl adjacent to an activating group) is 1. The van der Waals surface area contributed by atoms with E-state index in [9.17, 15) is 13.2 Å². The minimum Gasteiger partial charge on any atom is -0.329 e. The van der Waals surface area contributed by atoms with Crippen molar-refractivity contribution in [1.82, 2.24) is 4.31 Å². The zero-order chi connectivity index (χ0) is 13.3. The lowest BCUT2D eigenvalue weighted by molar-refractivity contribution is -0.115. The number of hydrogen-bond acceptors (Lipinski definition) is 4. The second kappa shape index (κ2) is 4.68. The molecule has 6 nitrogen and oxygen atoms in total. The van der Waals surface area contributed by atoms with E-state index in [1.54, 1.807) is 6.07 Å². The molecule has 0 spiro atoms. The summed E-state index contributed by atoms with van der Waals surface area (Å²) in [4.78, 5) is 11.4. The Morgan fingerprint density at radius 2 is 2.17 bits per heavy atom. The van der Waals surface area contributed by atoms with Crippen LogP contribution in [0, 0.1) is 0 Å². The van der Waals surface area contributed by atoms with E-state index < -0.39 is 10.0 Å². The van der Waals surface area contributed by atoms with Crippen LogP contribution >= 0.6 is 0 Å². The number of fused-ring (bicyclic) bond motifs is 1. The zero-order valence-electron chi connectivity index (χ0n) is 10.0. The number of nitrogens with two attached hydrogens (primary N) is 1. The van der Waals surface area contributed by atoms with Crippen LogP contribution in [0.4, 0.5) is 5.69 Å². The molecule has 1 aromatic carbocycles. The smallest absolute Gasteiger partial charge is 0.242 e. The van der Waals surface area contributed by atoms with Crippen molar-refractivity contribution < 1.29 is 13.2 Å². The number of benzene rings is 1. The van der Waals surface area contributed by atoms with E-state index in [4.69, 9.17) is 5.73 Å². The van der Waals surface area contributed by atoms with Gasteiger partial charge in [0.2, 0.25) is 15.9 Å². The van der Waals surface area contributed by atoms with E-state index in [-0.39, 0.29) is 30.3 Å². The number of nitrogens with zero attached hydrogens (tertiary/aromatic N) is 1. The summed E-state index contributed by atoms with van der Waals surface area (Å²) in [5.74, 6) is -0.116. The summed E-state index contributed by atoms with van der Waals surface area (Å²) in [5.41, 5.74) is 6.74. The Labute approximate surface area is 106 Å². The highest BCUT2D eigenvalue weighted by Gasteiger charge is 2.24. The van der Waals surface area contributed by atoms with Crippen molar-refractivity contribution in [2.75, 3.05) is 25.5 Å². The van der Waals surface area contributed by atoms with Crippen LogP contribution in [0.25, 0.3) is 0 Å². The van der Waals surface area contributed by atoms with Crippen molar-refractivity contribution in [1.29, 1.82) is 0 Å². The van der Waals surface area contributed by atoms with Crippen LogP contribution < -0.4 is 11.1 Å². The Kier molecular flexibility index (Phi) is 3.38. The molecular formula is C11H15N3O3S. The standard InChI is InChI=1S/C11H15N3O3S/c1-14(5-4-12)18(16,17)9-2-3-10-8(6-9)7-11(15)13-10/h2-3,6H,4-5,7,12H2,1H3,(H,13,15). The van der Waals surface area contributed by atoms with Crippen LogP contribution in [0.15, 0.2) is 23.1 Å². The Hall–Kier alpha value is -1.44. The van der Waals surface area contributed by atoms with Crippen LogP contribution in [0.5, 0.6) is 0 Å². The summed E-state index contributed by atoms with van der Waals surface area (Å²) in [6, 6.07) is 4.64. The number of anilines is 1. The lowest BCUT2D eigenvalue weighted by Gasteiger charge is -2.16. The normalized spacial score (nSPS) is 14.7. The maximum absolute atomic E-state index is 12.2. The fraction of sp³-hybridized carbons (Fsp3) is 0.364. The first kappa shape index (κ1) is 13.0. The first-order valence-corrected chi connectivity index (χ1v) is 6.98. The molecule has 18 heavy (non-hydrogen) atoms. The number of amides is 1. The number of rotatable bonds is 4. The van der Waals surface area contributed by atoms with Crippen molar-refractivity contribution in [2.45, 2.75) is 11.3 Å². The van der Waals surface area contributed by atoms with Crippen molar-refractivity contribution >= 4 is 21.6 Å². The summed E-state index contributed by atoms with van der Waals surface area (Å²) in [5, 5.41) is 2.66. The maximum Gasteiger partial charge on any atom is 0.242 e. The van der Waals surface area contributed by atoms with Gasteiger partial charge in [0, 0.05) is 25.8 Å². The van der Waals surface area contributed by atoms with Gasteiger partial charge in [-0.05, 0) is 23.8 Å². The fourth-order valence-corrected chi connectivity index (χ4v) is 3.08. The summed E-state index contributed by atoms with van der Waals surface area (Å²) < 4.78 is 25.5. The molecule has 98 valence electrons. The Morgan fingerprint density at radius 1 is 1.44 bits per heavy atom. The molecular weight excluding hydrogens is 254 g/mol. The molecule has 0 aliphatic carbocycles. The van der Waals surface area contributed by atoms with Gasteiger partial charge in [-0.25, -0.2) is 8.42 Å². The lowest BCUT2D eigenvalue weighted by atomic mass is 10.2. The summed E-state index contributed by atoms with van der Waals surface area (Å²) >= 11 is 0. The van der Waals surface area contributed by atoms with E-state index >= 15 is 0 Å². The van der Waals surface area contributed by atoms with E-state index in [2.05, 4.69) is 5.32 Å². The van der Waals surface area contributed by atoms with Gasteiger partial charge in [-0.2, -0.15) is 4.31 Å². The third-order valence-corrected chi connectivity index (χ3v) is 4.71. The maximum atomic E-state index is 12.2. The predicted molar refractivity (Wildman–Crippen MR) is 67.6 cm³/mol. The number of nitrogens with one attached hydrogen (secondary N) is 1. The van der Waals surface area contributed by atoms with E-state index in [0.717, 1.165) is 0 Å². The molecule has 1 amide bonds. The molecule has 0 atom stereocenters. The Balaban J connectivity index is 2.36. The Morgan fingerprint density at radius 3 is 2.83 bits per heavy atom. The first-order valence-electron chi connectivity index (χ1n) is 5.54. The fourth-order valence-electron chi connectivity index (χ4n) is 1.85. The van der Waals surface area contributed by atoms with Gasteiger partial charge in [-0.1, -0.05) is 0 Å². The van der Waals surface area contributed by atoms with Gasteiger partial charge in [0.05, 0.1) is 11.3 Å². The summed E-state index contributed by atoms with van der Waals surface area (Å²) in [6.07, 6.45) is 0.222. The van der Waals surface area contributed by atoms with Gasteiger partial charge in [-0.15, -0.1) is 0 Å². The Bertz CT molecular complexity index is 583. The second-order valence-electron chi connectivity index (χ2n) is 4.16. The first-order chi connectivity index (χ1) is 8.45. The zero-order valence-corrected chi connectivity index (χ0v) is 10.8. The summed E-state index contributed by atoms with van der Waals surface area (Å²) in [6.45, 7) is 0.525. The van der Waals surface area contributed by atoms with Gasteiger partial charge < -0.3 is 11.1 Å². The topological polar surface area (TPSA) is 92.5 Å². The molecule has 0 aromatic heterocycles. The highest BCUT2D eigenvalue weighted by molar-refractivity contribution is 7.89. The molecule has 0 saturated heterocycles. The molecule has 0 radical (unpaired) electrons. The molecule has 0 unspecified atom stereocenters. The van der Waals surface area contributed by atoms with Crippen LogP contribution in [0.2, 0.25) is 0 Å². The van der Waals surface area contributed by atoms with Gasteiger partial charge >= 0.3 is 0 Å². The van der Waals surface area contributed by atoms with Crippen molar-refractivity contribution in [3.05, 3.63) is 23.8 Å². The molecule has 1 aliphatic rings. The van der Waals surface area contributed by atoms with Gasteiger partial charge in [0.1, 0.15) is 0 Å². The van der Waals surface area contributed by atoms with Crippen molar-refractivity contribution in [3.8, 4) is 0 Å². The van der Waals surface area contributed by atoms with Crippen LogP contribution in [0.1, 0.15) is 5.56 Å². The van der Waals surface area contributed by atoms with Crippen molar-refractivity contribution in [2.24, 2.45) is 5.73 Å². The highest BCUT2D eigenvalue weighted by Crippen LogP contribution is 2.26. The molecule has 0 saturated carbocycles. The van der Waals surface area contributed by atoms with Crippen LogP contribution in [-0.2, 0) is 21.2 Å². The average Bonchev–Trinajstić information content (AvgIpc) is 2.68. The number of carbonyl (C=O) groups excluding carboxylic acids is 1. The minimum absolute atomic E-state index is 0.116. The van der Waals surface area contributed by atoms with Gasteiger partial charge in [0.25, 0.3) is 0 Å². The highest BCUT2D eigenvalue weighted by atomic mass is 32.2. The lowest BCUT2D eigenvalue weighted by Crippen LogP contribution is -2.31. The largest absolute Gasteiger partial charge is 0.329 e. The molecule has 2 rings (SSSR count). The second-order valence-corrected chi connectivity index (χ2v) is 6.20. The number of hydrogen-bond donors (Lipinski definition) is 2. The average molecular weight is 269 g/mol. The van der Waals surface area contributed by atoms with E-state index in [1.807, 2.05) is 0 Å². The predicted octanol–water partition coefficient (Wildman–Crippen LogP) is -0.240. The number of sulfonamides is 1. The van der Waals surface area contributed by atoms with Crippen molar-refractivity contribution in [3.63, 3.8) is 0 Å². The van der Waals surface area contributed by atoms with E-state index in [1.165, 1.54) is 23.5 Å². The minimum atomic E-state index is -3.53. The third-order valence-electron chi connectivity index (χ3n) is 2.85. The molecule has 1 aromatic rings. The molecule has 3 N–H and O–H groups in total.